The monoisotopic (exact) mass is 497 g/mol. The Bertz CT molecular complexity index is 1450. The number of carbonyl (C=O) groups excluding carboxylic acids is 2. The van der Waals surface area contributed by atoms with E-state index in [1.54, 1.807) is 25.5 Å². The number of hydrogen-bond donors (Lipinski definition) is 1. The number of esters is 1. The molecule has 0 saturated heterocycles. The van der Waals surface area contributed by atoms with E-state index in [1.165, 1.54) is 11.3 Å². The summed E-state index contributed by atoms with van der Waals surface area (Å²) in [7, 11) is 0. The smallest absolute Gasteiger partial charge is 0.320 e. The van der Waals surface area contributed by atoms with Crippen molar-refractivity contribution in [2.45, 2.75) is 44.8 Å². The van der Waals surface area contributed by atoms with Crippen LogP contribution in [0.1, 0.15) is 43.4 Å². The lowest BCUT2D eigenvalue weighted by atomic mass is 9.58. The number of thiophene rings is 1. The van der Waals surface area contributed by atoms with Gasteiger partial charge < -0.3 is 10.1 Å². The van der Waals surface area contributed by atoms with E-state index in [0.717, 1.165) is 27.0 Å². The summed E-state index contributed by atoms with van der Waals surface area (Å²) < 4.78 is 6.05. The number of hydrogen-bond acceptors (Lipinski definition) is 7. The lowest BCUT2D eigenvalue weighted by Crippen LogP contribution is -2.60. The van der Waals surface area contributed by atoms with Crippen molar-refractivity contribution >= 4 is 33.3 Å². The minimum absolute atomic E-state index is 0.0933. The molecule has 1 aromatic carbocycles. The van der Waals surface area contributed by atoms with Crippen molar-refractivity contribution in [2.24, 2.45) is 0 Å². The van der Waals surface area contributed by atoms with Crippen LogP contribution in [0.3, 0.4) is 0 Å². The zero-order valence-electron chi connectivity index (χ0n) is 20.4. The summed E-state index contributed by atoms with van der Waals surface area (Å²) in [6.45, 7) is 5.55. The van der Waals surface area contributed by atoms with Gasteiger partial charge >= 0.3 is 5.97 Å². The van der Waals surface area contributed by atoms with Gasteiger partial charge in [-0.3, -0.25) is 14.6 Å². The summed E-state index contributed by atoms with van der Waals surface area (Å²) in [6.07, 6.45) is 5.14. The van der Waals surface area contributed by atoms with Crippen molar-refractivity contribution in [3.63, 3.8) is 0 Å². The number of fused-ring (bicyclic) bond motifs is 1. The van der Waals surface area contributed by atoms with E-state index in [4.69, 9.17) is 4.74 Å². The molecule has 0 radical (unpaired) electrons. The number of allylic oxidation sites excluding steroid dienone is 2. The molecule has 0 amide bonds. The van der Waals surface area contributed by atoms with E-state index in [-0.39, 0.29) is 18.4 Å². The number of Topliss-reactive ketones (excluding diaryl/α,β-unsaturated/α-hetero) is 1. The molecule has 0 spiro atoms. The number of nitrogens with one attached hydrogen (secondary N) is 1. The van der Waals surface area contributed by atoms with Crippen molar-refractivity contribution in [3.05, 3.63) is 107 Å². The van der Waals surface area contributed by atoms with E-state index >= 15 is 0 Å². The average Bonchev–Trinajstić information content (AvgIpc) is 3.32. The highest BCUT2D eigenvalue weighted by Crippen LogP contribution is 2.52. The molecule has 6 nitrogen and oxygen atoms in total. The van der Waals surface area contributed by atoms with Crippen molar-refractivity contribution in [1.82, 2.24) is 15.3 Å². The predicted octanol–water partition coefficient (Wildman–Crippen LogP) is 5.31. The molecule has 1 aliphatic rings. The second-order valence-electron chi connectivity index (χ2n) is 9.11. The molecular weight excluding hydrogens is 470 g/mol. The lowest BCUT2D eigenvalue weighted by Gasteiger charge is -2.48. The summed E-state index contributed by atoms with van der Waals surface area (Å²) in [6, 6.07) is 16.8. The first-order valence-electron chi connectivity index (χ1n) is 11.9. The van der Waals surface area contributed by atoms with Crippen molar-refractivity contribution in [3.8, 4) is 0 Å². The third-order valence-corrected chi connectivity index (χ3v) is 7.94. The molecule has 3 atom stereocenters. The van der Waals surface area contributed by atoms with Gasteiger partial charge in [-0.15, -0.1) is 11.3 Å². The molecule has 1 N–H and O–H groups in total. The number of rotatable bonds is 6. The van der Waals surface area contributed by atoms with Crippen molar-refractivity contribution < 1.29 is 14.3 Å². The van der Waals surface area contributed by atoms with Gasteiger partial charge in [0.2, 0.25) is 0 Å². The Morgan fingerprint density at radius 3 is 2.58 bits per heavy atom. The van der Waals surface area contributed by atoms with Gasteiger partial charge in [0.15, 0.2) is 5.78 Å². The summed E-state index contributed by atoms with van der Waals surface area (Å²) in [5, 5.41) is 6.39. The molecular formula is C29H27N3O3S. The molecule has 4 heterocycles. The maximum absolute atomic E-state index is 14.4. The maximum atomic E-state index is 14.4. The molecule has 0 aliphatic carbocycles. The highest BCUT2D eigenvalue weighted by molar-refractivity contribution is 7.16. The number of carbonyl (C=O) groups is 2. The fourth-order valence-corrected chi connectivity index (χ4v) is 6.40. The van der Waals surface area contributed by atoms with E-state index < -0.39 is 17.3 Å². The zero-order valence-corrected chi connectivity index (χ0v) is 21.2. The van der Waals surface area contributed by atoms with E-state index in [9.17, 15) is 9.59 Å². The number of aromatic nitrogens is 2. The van der Waals surface area contributed by atoms with Crippen LogP contribution in [-0.4, -0.2) is 27.8 Å². The minimum Gasteiger partial charge on any atom is -0.460 e. The summed E-state index contributed by atoms with van der Waals surface area (Å²) >= 11 is 1.51. The number of ketones is 1. The second-order valence-corrected chi connectivity index (χ2v) is 9.97. The number of pyridine rings is 2. The molecule has 0 fully saturated rings. The number of benzene rings is 1. The third kappa shape index (κ3) is 3.89. The zero-order chi connectivity index (χ0) is 25.3. The molecule has 0 bridgehead atoms. The highest BCUT2D eigenvalue weighted by Gasteiger charge is 2.58. The van der Waals surface area contributed by atoms with E-state index in [1.807, 2.05) is 73.8 Å². The van der Waals surface area contributed by atoms with Gasteiger partial charge in [-0.25, -0.2) is 4.98 Å². The van der Waals surface area contributed by atoms with Gasteiger partial charge in [-0.2, -0.15) is 0 Å². The number of ether oxygens (including phenoxy) is 1. The highest BCUT2D eigenvalue weighted by atomic mass is 32.1. The standard InChI is InChI=1S/C29H27N3O3S/c1-18-25(19(2)33)26(24-17-36-27-23(24)12-8-14-31-27)29(20(3)32-18,22-11-7-13-30-15-22)28(34)35-16-21-9-5-4-6-10-21/h4-15,17,20,26,32H,16H2,1-3H3. The Hall–Kier alpha value is -3.84. The SMILES string of the molecule is CC(=O)C1=C(C)NC(C)C(C(=O)OCc2ccccc2)(c2cccnc2)C1c1csc2ncccc12. The molecule has 7 heteroatoms. The van der Waals surface area contributed by atoms with Crippen LogP contribution in [0.15, 0.2) is 89.8 Å². The first-order valence-corrected chi connectivity index (χ1v) is 12.7. The van der Waals surface area contributed by atoms with E-state index in [0.29, 0.717) is 11.1 Å². The Morgan fingerprint density at radius 2 is 1.86 bits per heavy atom. The molecule has 4 aromatic rings. The largest absolute Gasteiger partial charge is 0.460 e. The molecule has 182 valence electrons. The Morgan fingerprint density at radius 1 is 1.08 bits per heavy atom. The van der Waals surface area contributed by atoms with Crippen LogP contribution in [0.25, 0.3) is 10.2 Å². The van der Waals surface area contributed by atoms with E-state index in [2.05, 4.69) is 15.3 Å². The number of nitrogens with zero attached hydrogens (tertiary/aromatic N) is 2. The van der Waals surface area contributed by atoms with Gasteiger partial charge in [0.25, 0.3) is 0 Å². The summed E-state index contributed by atoms with van der Waals surface area (Å²) in [5.41, 5.74) is 2.57. The van der Waals surface area contributed by atoms with Crippen LogP contribution in [-0.2, 0) is 26.3 Å². The first kappa shape index (κ1) is 23.9. The van der Waals surface area contributed by atoms with Gasteiger partial charge in [0, 0.05) is 47.2 Å². The van der Waals surface area contributed by atoms with Gasteiger partial charge in [0.1, 0.15) is 16.9 Å². The molecule has 5 rings (SSSR count). The summed E-state index contributed by atoms with van der Waals surface area (Å²) in [4.78, 5) is 37.3. The third-order valence-electron chi connectivity index (χ3n) is 7.02. The fourth-order valence-electron chi connectivity index (χ4n) is 5.47. The van der Waals surface area contributed by atoms with Crippen LogP contribution in [0.4, 0.5) is 0 Å². The topological polar surface area (TPSA) is 81.2 Å². The lowest BCUT2D eigenvalue weighted by molar-refractivity contribution is -0.154. The molecule has 1 aliphatic heterocycles. The fraction of sp³-hybridized carbons (Fsp3) is 0.241. The van der Waals surface area contributed by atoms with Gasteiger partial charge in [0.05, 0.1) is 0 Å². The van der Waals surface area contributed by atoms with Crippen LogP contribution in [0, 0.1) is 0 Å². The minimum atomic E-state index is -1.24. The van der Waals surface area contributed by atoms with Crippen molar-refractivity contribution in [1.29, 1.82) is 0 Å². The predicted molar refractivity (Wildman–Crippen MR) is 140 cm³/mol. The first-order chi connectivity index (χ1) is 17.4. The normalized spacial score (nSPS) is 21.8. The van der Waals surface area contributed by atoms with Crippen LogP contribution in [0.2, 0.25) is 0 Å². The van der Waals surface area contributed by atoms with Crippen molar-refractivity contribution in [2.75, 3.05) is 0 Å². The molecule has 36 heavy (non-hydrogen) atoms. The summed E-state index contributed by atoms with van der Waals surface area (Å²) in [5.74, 6) is -1.08. The Balaban J connectivity index is 1.76. The van der Waals surface area contributed by atoms with Crippen LogP contribution >= 0.6 is 11.3 Å². The molecule has 3 aromatic heterocycles. The Kier molecular flexibility index (Phi) is 6.41. The average molecular weight is 498 g/mol. The second kappa shape index (κ2) is 9.66. The van der Waals surface area contributed by atoms with Crippen LogP contribution < -0.4 is 5.32 Å². The van der Waals surface area contributed by atoms with Gasteiger partial charge in [-0.1, -0.05) is 42.5 Å². The maximum Gasteiger partial charge on any atom is 0.320 e. The quantitative estimate of drug-likeness (QED) is 0.364. The molecule has 0 saturated carbocycles. The molecule has 3 unspecified atom stereocenters. The van der Waals surface area contributed by atoms with Crippen LogP contribution in [0.5, 0.6) is 0 Å². The van der Waals surface area contributed by atoms with Gasteiger partial charge in [-0.05, 0) is 55.0 Å². The Labute approximate surface area is 214 Å².